The summed E-state index contributed by atoms with van der Waals surface area (Å²) in [5.74, 6) is -0.343. The molecule has 0 spiro atoms. The minimum Gasteiger partial charge on any atom is -0.349 e. The van der Waals surface area contributed by atoms with E-state index in [0.717, 1.165) is 16.0 Å². The Morgan fingerprint density at radius 1 is 1.32 bits per heavy atom. The van der Waals surface area contributed by atoms with E-state index in [-0.39, 0.29) is 17.8 Å². The number of carbonyl (C=O) groups is 1. The molecule has 1 amide bonds. The zero-order valence-corrected chi connectivity index (χ0v) is 14.1. The third-order valence-electron chi connectivity index (χ3n) is 3.70. The van der Waals surface area contributed by atoms with Gasteiger partial charge < -0.3 is 10.2 Å². The second-order valence-electron chi connectivity index (χ2n) is 5.59. The van der Waals surface area contributed by atoms with Crippen LogP contribution >= 0.6 is 11.3 Å². The van der Waals surface area contributed by atoms with Crippen molar-refractivity contribution in [3.8, 4) is 0 Å². The summed E-state index contributed by atoms with van der Waals surface area (Å²) in [7, 11) is 3.84. The lowest BCUT2D eigenvalue weighted by Gasteiger charge is -2.25. The summed E-state index contributed by atoms with van der Waals surface area (Å²) in [6.45, 7) is 4.44. The summed E-state index contributed by atoms with van der Waals surface area (Å²) >= 11 is 1.50. The molecule has 0 aliphatic rings. The fraction of sp³-hybridized carbons (Fsp3) is 0.353. The Labute approximate surface area is 134 Å². The number of rotatable bonds is 5. The van der Waals surface area contributed by atoms with E-state index < -0.39 is 0 Å². The lowest BCUT2D eigenvalue weighted by atomic mass is 10.1. The first-order valence-electron chi connectivity index (χ1n) is 7.15. The van der Waals surface area contributed by atoms with Crippen LogP contribution in [0.2, 0.25) is 0 Å². The van der Waals surface area contributed by atoms with E-state index in [2.05, 4.69) is 5.32 Å². The van der Waals surface area contributed by atoms with Gasteiger partial charge in [0.25, 0.3) is 5.91 Å². The van der Waals surface area contributed by atoms with Crippen molar-refractivity contribution >= 4 is 17.2 Å². The number of amides is 1. The summed E-state index contributed by atoms with van der Waals surface area (Å²) in [6, 6.07) is 8.33. The zero-order chi connectivity index (χ0) is 16.3. The quantitative estimate of drug-likeness (QED) is 0.914. The van der Waals surface area contributed by atoms with E-state index in [0.29, 0.717) is 11.4 Å². The molecule has 1 heterocycles. The van der Waals surface area contributed by atoms with Gasteiger partial charge in [0.05, 0.1) is 10.9 Å². The molecular weight excluding hydrogens is 299 g/mol. The molecule has 2 rings (SSSR count). The van der Waals surface area contributed by atoms with Crippen LogP contribution in [0.25, 0.3) is 0 Å². The van der Waals surface area contributed by atoms with Crippen molar-refractivity contribution in [2.75, 3.05) is 20.6 Å². The largest absolute Gasteiger partial charge is 0.349 e. The maximum Gasteiger partial charge on any atom is 0.261 e. The zero-order valence-electron chi connectivity index (χ0n) is 13.3. The number of likely N-dealkylation sites (N-methyl/N-ethyl adjacent to an activating group) is 1. The van der Waals surface area contributed by atoms with Gasteiger partial charge in [-0.1, -0.05) is 12.1 Å². The first kappa shape index (κ1) is 16.6. The Morgan fingerprint density at radius 3 is 2.59 bits per heavy atom. The van der Waals surface area contributed by atoms with E-state index in [4.69, 9.17) is 0 Å². The van der Waals surface area contributed by atoms with Gasteiger partial charge in [0.2, 0.25) is 0 Å². The van der Waals surface area contributed by atoms with Crippen LogP contribution in [0.5, 0.6) is 0 Å². The van der Waals surface area contributed by atoms with Crippen LogP contribution in [0.3, 0.4) is 0 Å². The standard InChI is InChI=1S/C17H21FN2OS/c1-11-8-16(22-12(11)2)17(21)19-10-15(20(3)4)13-6-5-7-14(18)9-13/h5-9,15H,10H2,1-4H3,(H,19,21). The Hall–Kier alpha value is -1.72. The molecule has 0 bridgehead atoms. The normalized spacial score (nSPS) is 12.5. The van der Waals surface area contributed by atoms with Crippen molar-refractivity contribution < 1.29 is 9.18 Å². The van der Waals surface area contributed by atoms with E-state index in [1.165, 1.54) is 23.5 Å². The summed E-state index contributed by atoms with van der Waals surface area (Å²) in [6.07, 6.45) is 0. The predicted octanol–water partition coefficient (Wildman–Crippen LogP) is 3.54. The molecule has 0 fully saturated rings. The average molecular weight is 320 g/mol. The molecule has 1 atom stereocenters. The maximum absolute atomic E-state index is 13.4. The van der Waals surface area contributed by atoms with Crippen LogP contribution in [-0.4, -0.2) is 31.4 Å². The number of halogens is 1. The molecule has 0 radical (unpaired) electrons. The SMILES string of the molecule is Cc1cc(C(=O)NCC(c2cccc(F)c2)N(C)C)sc1C. The third kappa shape index (κ3) is 3.93. The summed E-state index contributed by atoms with van der Waals surface area (Å²) < 4.78 is 13.4. The molecule has 1 N–H and O–H groups in total. The molecule has 1 aromatic carbocycles. The molecule has 1 unspecified atom stereocenters. The van der Waals surface area contributed by atoms with Crippen molar-refractivity contribution in [3.63, 3.8) is 0 Å². The fourth-order valence-electron chi connectivity index (χ4n) is 2.27. The molecule has 22 heavy (non-hydrogen) atoms. The molecule has 0 aliphatic carbocycles. The maximum atomic E-state index is 13.4. The van der Waals surface area contributed by atoms with Gasteiger partial charge in [0, 0.05) is 11.4 Å². The Bertz CT molecular complexity index is 647. The number of aryl methyl sites for hydroxylation is 2. The lowest BCUT2D eigenvalue weighted by Crippen LogP contribution is -2.34. The topological polar surface area (TPSA) is 32.3 Å². The van der Waals surface area contributed by atoms with Crippen LogP contribution in [0.15, 0.2) is 30.3 Å². The molecule has 0 aliphatic heterocycles. The number of hydrogen-bond acceptors (Lipinski definition) is 3. The fourth-order valence-corrected chi connectivity index (χ4v) is 3.22. The van der Waals surface area contributed by atoms with Gasteiger partial charge in [-0.2, -0.15) is 0 Å². The predicted molar refractivity (Wildman–Crippen MR) is 89.0 cm³/mol. The lowest BCUT2D eigenvalue weighted by molar-refractivity contribution is 0.0946. The average Bonchev–Trinajstić information content (AvgIpc) is 2.78. The van der Waals surface area contributed by atoms with Gasteiger partial charge in [0.1, 0.15) is 5.82 Å². The highest BCUT2D eigenvalue weighted by Gasteiger charge is 2.17. The van der Waals surface area contributed by atoms with Crippen molar-refractivity contribution in [3.05, 3.63) is 57.0 Å². The number of hydrogen-bond donors (Lipinski definition) is 1. The number of thiophene rings is 1. The minimum atomic E-state index is -0.264. The minimum absolute atomic E-state index is 0.0678. The molecule has 5 heteroatoms. The van der Waals surface area contributed by atoms with E-state index in [9.17, 15) is 9.18 Å². The third-order valence-corrected chi connectivity index (χ3v) is 4.85. The second-order valence-corrected chi connectivity index (χ2v) is 6.85. The summed E-state index contributed by atoms with van der Waals surface area (Å²) in [5.41, 5.74) is 1.98. The van der Waals surface area contributed by atoms with Crippen molar-refractivity contribution in [2.24, 2.45) is 0 Å². The van der Waals surface area contributed by atoms with Crippen molar-refractivity contribution in [1.29, 1.82) is 0 Å². The number of carbonyl (C=O) groups excluding carboxylic acids is 1. The van der Waals surface area contributed by atoms with E-state index in [1.807, 2.05) is 45.0 Å². The van der Waals surface area contributed by atoms with E-state index >= 15 is 0 Å². The Morgan fingerprint density at radius 2 is 2.05 bits per heavy atom. The van der Waals surface area contributed by atoms with Gasteiger partial charge in [-0.15, -0.1) is 11.3 Å². The Balaban J connectivity index is 2.07. The summed E-state index contributed by atoms with van der Waals surface area (Å²) in [5, 5.41) is 2.95. The van der Waals surface area contributed by atoms with Gasteiger partial charge in [-0.25, -0.2) is 4.39 Å². The number of benzene rings is 1. The highest BCUT2D eigenvalue weighted by Crippen LogP contribution is 2.21. The van der Waals surface area contributed by atoms with Gasteiger partial charge in [0.15, 0.2) is 0 Å². The van der Waals surface area contributed by atoms with Crippen LogP contribution in [-0.2, 0) is 0 Å². The molecule has 118 valence electrons. The highest BCUT2D eigenvalue weighted by atomic mass is 32.1. The van der Waals surface area contributed by atoms with Crippen LogP contribution in [0.1, 0.15) is 31.7 Å². The van der Waals surface area contributed by atoms with Gasteiger partial charge in [-0.05, 0) is 57.3 Å². The highest BCUT2D eigenvalue weighted by molar-refractivity contribution is 7.14. The molecular formula is C17H21FN2OS. The monoisotopic (exact) mass is 320 g/mol. The number of nitrogens with one attached hydrogen (secondary N) is 1. The first-order valence-corrected chi connectivity index (χ1v) is 7.97. The van der Waals surface area contributed by atoms with Gasteiger partial charge >= 0.3 is 0 Å². The van der Waals surface area contributed by atoms with Crippen LogP contribution in [0, 0.1) is 19.7 Å². The molecule has 1 aromatic heterocycles. The second kappa shape index (κ2) is 7.03. The Kier molecular flexibility index (Phi) is 5.32. The molecule has 0 saturated heterocycles. The van der Waals surface area contributed by atoms with Crippen molar-refractivity contribution in [1.82, 2.24) is 10.2 Å². The van der Waals surface area contributed by atoms with Crippen molar-refractivity contribution in [2.45, 2.75) is 19.9 Å². The van der Waals surface area contributed by atoms with Crippen LogP contribution in [0.4, 0.5) is 4.39 Å². The molecule has 3 nitrogen and oxygen atoms in total. The number of nitrogens with zero attached hydrogens (tertiary/aromatic N) is 1. The first-order chi connectivity index (χ1) is 10.4. The summed E-state index contributed by atoms with van der Waals surface area (Å²) in [4.78, 5) is 16.1. The molecule has 2 aromatic rings. The molecule has 0 saturated carbocycles. The van der Waals surface area contributed by atoms with E-state index in [1.54, 1.807) is 6.07 Å². The van der Waals surface area contributed by atoms with Crippen LogP contribution < -0.4 is 5.32 Å². The van der Waals surface area contributed by atoms with Gasteiger partial charge in [-0.3, -0.25) is 4.79 Å². The smallest absolute Gasteiger partial charge is 0.261 e.